The summed E-state index contributed by atoms with van der Waals surface area (Å²) in [4.78, 5) is 130. The van der Waals surface area contributed by atoms with Gasteiger partial charge in [-0.25, -0.2) is 19.2 Å². The second-order valence-electron chi connectivity index (χ2n) is 27.6. The average molecular weight is 1360 g/mol. The number of carbonyl (C=O) groups is 10. The van der Waals surface area contributed by atoms with Crippen LogP contribution in [-0.2, 0) is 76.4 Å². The zero-order valence-corrected chi connectivity index (χ0v) is 57.2. The molecule has 6 heterocycles. The third-order valence-corrected chi connectivity index (χ3v) is 23.1. The lowest BCUT2D eigenvalue weighted by molar-refractivity contribution is -0.194. The summed E-state index contributed by atoms with van der Waals surface area (Å²) in [6.07, 6.45) is 19.7. The summed E-state index contributed by atoms with van der Waals surface area (Å²) in [5, 5.41) is 85.3. The van der Waals surface area contributed by atoms with Crippen molar-refractivity contribution in [3.8, 4) is 0 Å². The number of esters is 6. The highest BCUT2D eigenvalue weighted by Gasteiger charge is 2.80. The molecule has 0 bridgehead atoms. The number of allylic oxidation sites excluding steroid dienone is 4. The number of likely N-dealkylation sites (N-methyl/N-ethyl adjacent to an activating group) is 4. The van der Waals surface area contributed by atoms with Gasteiger partial charge in [0.05, 0.1) is 89.4 Å². The number of nitrogens with zero attached hydrogens (tertiary/aromatic N) is 4. The molecule has 0 radical (unpaired) electrons. The van der Waals surface area contributed by atoms with Crippen molar-refractivity contribution in [1.29, 1.82) is 0 Å². The molecule has 0 unspecified atom stereocenters. The summed E-state index contributed by atoms with van der Waals surface area (Å²) < 4.78 is 30.7. The van der Waals surface area contributed by atoms with Crippen molar-refractivity contribution < 1.29 is 117 Å². The fourth-order valence-electron chi connectivity index (χ4n) is 17.9. The summed E-state index contributed by atoms with van der Waals surface area (Å²) >= 11 is 0. The molecule has 10 rings (SSSR count). The molecule has 96 heavy (non-hydrogen) atoms. The molecular weight excluding hydrogens is 1260 g/mol. The van der Waals surface area contributed by atoms with Crippen molar-refractivity contribution in [2.75, 3.05) is 69.8 Å². The summed E-state index contributed by atoms with van der Waals surface area (Å²) in [5.74, 6) is -11.0. The molecule has 4 amide bonds. The first-order valence-electron chi connectivity index (χ1n) is 33.1. The van der Waals surface area contributed by atoms with Gasteiger partial charge in [0.25, 0.3) is 0 Å². The summed E-state index contributed by atoms with van der Waals surface area (Å²) in [6, 6.07) is 0. The van der Waals surface area contributed by atoms with Gasteiger partial charge in [-0.3, -0.25) is 28.8 Å². The lowest BCUT2D eigenvalue weighted by atomic mass is 9.68. The second-order valence-corrected chi connectivity index (χ2v) is 27.6. The van der Waals surface area contributed by atoms with Crippen molar-refractivity contribution in [1.82, 2.24) is 19.6 Å². The molecule has 20 atom stereocenters. The van der Waals surface area contributed by atoms with E-state index in [1.165, 1.54) is 80.3 Å². The highest BCUT2D eigenvalue weighted by Crippen LogP contribution is 2.57. The van der Waals surface area contributed by atoms with Gasteiger partial charge in [-0.15, -0.1) is 0 Å². The number of ether oxygens (including phenoxy) is 6. The normalized spacial score (nSPS) is 38.6. The van der Waals surface area contributed by atoms with E-state index in [4.69, 9.17) is 28.4 Å². The maximum absolute atomic E-state index is 12.8. The van der Waals surface area contributed by atoms with Crippen LogP contribution in [0.25, 0.3) is 0 Å². The molecule has 8 N–H and O–H groups in total. The molecule has 6 aliphatic heterocycles. The average Bonchev–Trinajstić information content (AvgIpc) is 1.59. The van der Waals surface area contributed by atoms with E-state index in [-0.39, 0.29) is 74.4 Å². The summed E-state index contributed by atoms with van der Waals surface area (Å²) in [6.45, 7) is 5.21. The molecule has 0 aromatic carbocycles. The number of methoxy groups -OCH3 is 4. The van der Waals surface area contributed by atoms with E-state index in [1.54, 1.807) is 13.8 Å². The minimum atomic E-state index is -1.91. The van der Waals surface area contributed by atoms with Gasteiger partial charge >= 0.3 is 35.8 Å². The molecule has 10 aliphatic rings. The van der Waals surface area contributed by atoms with Gasteiger partial charge in [0.15, 0.2) is 22.3 Å². The molecule has 6 fully saturated rings. The highest BCUT2D eigenvalue weighted by molar-refractivity contribution is 6.02. The number of hydrogen-bond acceptors (Lipinski definition) is 24. The van der Waals surface area contributed by atoms with Crippen LogP contribution in [-0.4, -0.2) is 259 Å². The predicted molar refractivity (Wildman–Crippen MR) is 337 cm³/mol. The van der Waals surface area contributed by atoms with Crippen molar-refractivity contribution in [2.24, 2.45) is 47.3 Å². The van der Waals surface area contributed by atoms with Crippen molar-refractivity contribution in [3.05, 3.63) is 48.6 Å². The van der Waals surface area contributed by atoms with Crippen LogP contribution >= 0.6 is 0 Å². The Morgan fingerprint density at radius 3 is 0.917 bits per heavy atom. The Kier molecular flexibility index (Phi) is 23.5. The van der Waals surface area contributed by atoms with Gasteiger partial charge in [-0.1, -0.05) is 48.6 Å². The second kappa shape index (κ2) is 29.4. The predicted octanol–water partition coefficient (Wildman–Crippen LogP) is 0.492. The highest BCUT2D eigenvalue weighted by atomic mass is 16.6. The lowest BCUT2D eigenvalue weighted by Crippen LogP contribution is -2.70. The van der Waals surface area contributed by atoms with Gasteiger partial charge in [-0.2, -0.15) is 0 Å². The number of aliphatic hydroxyl groups excluding tert-OH is 6. The van der Waals surface area contributed by atoms with Crippen LogP contribution in [0.15, 0.2) is 48.6 Å². The first-order chi connectivity index (χ1) is 45.1. The van der Waals surface area contributed by atoms with Gasteiger partial charge in [0.1, 0.15) is 11.2 Å². The molecule has 0 saturated carbocycles. The SMILES string of the molecule is COC(=O)[C@]1([C@@H](O)[C@@H]2C=CCCC2)N(C)C(=O)[C@@H]2CC(=O)O[C@@]21C.COC(=O)[C@]1([C@@H](O)[C@@H]2C=CCCC2)N(C)C(=O)[C@H](CCO)[C@]1(C)O.COC(=O)[C@]1([C@H](O)[C@@H]2C=CCCC2)N(C)C(=O)[C@@H]2CC(=O)O[C@@]21C.COC(=O)[C@]1([C@H](O)[C@@H]2C=CCCC2)N(C)C(=O)[C@H](CCO)[C@]1(C)O. The van der Waals surface area contributed by atoms with E-state index < -0.39 is 140 Å². The summed E-state index contributed by atoms with van der Waals surface area (Å²) in [5.41, 5.74) is -14.0. The van der Waals surface area contributed by atoms with Gasteiger partial charge < -0.3 is 88.9 Å². The molecule has 6 saturated heterocycles. The third-order valence-electron chi connectivity index (χ3n) is 23.1. The molecule has 28 nitrogen and oxygen atoms in total. The van der Waals surface area contributed by atoms with Crippen LogP contribution in [0, 0.1) is 47.3 Å². The van der Waals surface area contributed by atoms with Gasteiger partial charge in [0.2, 0.25) is 34.7 Å². The smallest absolute Gasteiger partial charge is 0.338 e. The first-order valence-corrected chi connectivity index (χ1v) is 33.1. The van der Waals surface area contributed by atoms with E-state index in [2.05, 4.69) is 0 Å². The molecular formula is C68H100N4O24. The fraction of sp³-hybridized carbons (Fsp3) is 0.735. The third kappa shape index (κ3) is 11.6. The Labute approximate surface area is 559 Å². The topological polar surface area (TPSA) is 401 Å². The zero-order valence-electron chi connectivity index (χ0n) is 57.2. The Morgan fingerprint density at radius 2 is 0.688 bits per heavy atom. The zero-order chi connectivity index (χ0) is 71.6. The first kappa shape index (κ1) is 76.7. The van der Waals surface area contributed by atoms with Crippen LogP contribution in [0.2, 0.25) is 0 Å². The van der Waals surface area contributed by atoms with Crippen LogP contribution in [0.5, 0.6) is 0 Å². The largest absolute Gasteiger partial charge is 0.467 e. The van der Waals surface area contributed by atoms with Gasteiger partial charge in [0, 0.05) is 65.1 Å². The number of amides is 4. The quantitative estimate of drug-likeness (QED) is 0.0592. The van der Waals surface area contributed by atoms with E-state index in [0.717, 1.165) is 61.2 Å². The number of aliphatic hydroxyl groups is 8. The standard InChI is InChI=1S/2C17H23NO6.2C17H27NO6/c2*1-16-11(9-12(19)24-16)14(21)18(2)17(16,15(22)23-3)13(20)10-7-5-4-6-8-10;2*1-16(23)12(9-10-19)14(21)18(2)17(16,15(22)24-3)13(20)11-7-5-4-6-8-11/h2*5,7,10-11,13,20H,4,6,8-9H2,1-3H3;2*5,7,11-13,19-20,23H,4,6,8-10H2,1-3H3/t10-,11+,13+,16+,17+;10-,11+,13-,16+,17+;11-,12+,13+,16+,17+;11-,12+,13-,16+,17+/m1111/s1. The Morgan fingerprint density at radius 1 is 0.448 bits per heavy atom. The Balaban J connectivity index is 0.000000181. The summed E-state index contributed by atoms with van der Waals surface area (Å²) in [7, 11) is 10.5. The van der Waals surface area contributed by atoms with E-state index >= 15 is 0 Å². The fourth-order valence-corrected chi connectivity index (χ4v) is 17.9. The Hall–Kier alpha value is -6.66. The van der Waals surface area contributed by atoms with Crippen LogP contribution < -0.4 is 0 Å². The van der Waals surface area contributed by atoms with E-state index in [1.807, 2.05) is 48.6 Å². The molecule has 4 aliphatic carbocycles. The van der Waals surface area contributed by atoms with Crippen LogP contribution in [0.3, 0.4) is 0 Å². The maximum Gasteiger partial charge on any atom is 0.338 e. The van der Waals surface area contributed by atoms with E-state index in [9.17, 15) is 88.8 Å². The van der Waals surface area contributed by atoms with Crippen molar-refractivity contribution in [2.45, 2.75) is 199 Å². The number of carbonyl (C=O) groups excluding carboxylic acids is 10. The lowest BCUT2D eigenvalue weighted by Gasteiger charge is -2.47. The molecule has 0 spiro atoms. The van der Waals surface area contributed by atoms with Crippen molar-refractivity contribution in [3.63, 3.8) is 0 Å². The number of rotatable bonds is 16. The maximum atomic E-state index is 12.8. The van der Waals surface area contributed by atoms with Crippen molar-refractivity contribution >= 4 is 59.4 Å². The molecule has 0 aromatic heterocycles. The minimum Gasteiger partial charge on any atom is -0.467 e. The minimum absolute atomic E-state index is 0.00213. The Bertz CT molecular complexity index is 2890. The molecule has 536 valence electrons. The molecule has 28 heteroatoms. The van der Waals surface area contributed by atoms with Crippen LogP contribution in [0.4, 0.5) is 0 Å². The van der Waals surface area contributed by atoms with Crippen LogP contribution in [0.1, 0.15) is 130 Å². The number of hydrogen-bond donors (Lipinski definition) is 8. The van der Waals surface area contributed by atoms with E-state index in [0.29, 0.717) is 25.7 Å². The number of fused-ring (bicyclic) bond motifs is 2. The monoisotopic (exact) mass is 1360 g/mol. The number of likely N-dealkylation sites (tertiary alicyclic amines) is 4. The van der Waals surface area contributed by atoms with Gasteiger partial charge in [-0.05, 0) is 118 Å². The molecule has 0 aromatic rings.